The van der Waals surface area contributed by atoms with Crippen LogP contribution in [0.3, 0.4) is 0 Å². The third kappa shape index (κ3) is 4.79. The van der Waals surface area contributed by atoms with E-state index in [0.29, 0.717) is 18.8 Å². The predicted octanol–water partition coefficient (Wildman–Crippen LogP) is 0.300. The van der Waals surface area contributed by atoms with E-state index in [2.05, 4.69) is 22.2 Å². The molecule has 23 heavy (non-hydrogen) atoms. The largest absolute Gasteiger partial charge is 0.369 e. The molecule has 1 aromatic rings. The van der Waals surface area contributed by atoms with Crippen LogP contribution >= 0.6 is 0 Å². The Hall–Kier alpha value is -1.89. The van der Waals surface area contributed by atoms with Crippen LogP contribution in [0.5, 0.6) is 0 Å². The van der Waals surface area contributed by atoms with Gasteiger partial charge in [-0.05, 0) is 31.9 Å². The summed E-state index contributed by atoms with van der Waals surface area (Å²) < 4.78 is 1.63. The van der Waals surface area contributed by atoms with Gasteiger partial charge in [-0.25, -0.2) is 0 Å². The van der Waals surface area contributed by atoms with Crippen LogP contribution < -0.4 is 11.1 Å². The van der Waals surface area contributed by atoms with Gasteiger partial charge in [-0.1, -0.05) is 13.3 Å². The molecule has 2 rings (SSSR count). The Morgan fingerprint density at radius 1 is 1.48 bits per heavy atom. The van der Waals surface area contributed by atoms with Crippen molar-refractivity contribution < 1.29 is 9.59 Å². The minimum atomic E-state index is -0.225. The summed E-state index contributed by atoms with van der Waals surface area (Å²) >= 11 is 0. The van der Waals surface area contributed by atoms with Gasteiger partial charge in [-0.15, -0.1) is 0 Å². The highest BCUT2D eigenvalue weighted by Crippen LogP contribution is 2.15. The average molecular weight is 321 g/mol. The molecular weight excluding hydrogens is 294 g/mol. The SMILES string of the molecule is CCCc1cc(C(=O)NCCN2CCC[C@@H](C(N)=O)C2)n(C)n1. The van der Waals surface area contributed by atoms with Gasteiger partial charge in [0, 0.05) is 26.7 Å². The molecule has 7 heteroatoms. The van der Waals surface area contributed by atoms with E-state index in [1.165, 1.54) is 0 Å². The van der Waals surface area contributed by atoms with Gasteiger partial charge >= 0.3 is 0 Å². The maximum atomic E-state index is 12.2. The monoisotopic (exact) mass is 321 g/mol. The Morgan fingerprint density at radius 3 is 2.96 bits per heavy atom. The third-order valence-electron chi connectivity index (χ3n) is 4.29. The molecule has 1 fully saturated rings. The first-order chi connectivity index (χ1) is 11.0. The highest BCUT2D eigenvalue weighted by atomic mass is 16.2. The minimum Gasteiger partial charge on any atom is -0.369 e. The molecule has 1 aliphatic rings. The second kappa shape index (κ2) is 8.10. The molecule has 0 unspecified atom stereocenters. The van der Waals surface area contributed by atoms with E-state index in [-0.39, 0.29) is 17.7 Å². The van der Waals surface area contributed by atoms with Gasteiger partial charge in [0.15, 0.2) is 0 Å². The number of carbonyl (C=O) groups is 2. The molecule has 1 aromatic heterocycles. The van der Waals surface area contributed by atoms with Crippen molar-refractivity contribution in [2.75, 3.05) is 26.2 Å². The van der Waals surface area contributed by atoms with Crippen molar-refractivity contribution >= 4 is 11.8 Å². The molecular formula is C16H27N5O2. The Labute approximate surface area is 137 Å². The van der Waals surface area contributed by atoms with E-state index < -0.39 is 0 Å². The number of primary amides is 1. The smallest absolute Gasteiger partial charge is 0.269 e. The van der Waals surface area contributed by atoms with Crippen LogP contribution in [0.15, 0.2) is 6.07 Å². The fraction of sp³-hybridized carbons (Fsp3) is 0.688. The van der Waals surface area contributed by atoms with Crippen molar-refractivity contribution in [2.24, 2.45) is 18.7 Å². The Bertz CT molecular complexity index is 555. The molecule has 0 saturated carbocycles. The van der Waals surface area contributed by atoms with Gasteiger partial charge in [-0.2, -0.15) is 5.10 Å². The first kappa shape index (κ1) is 17.5. The van der Waals surface area contributed by atoms with Crippen LogP contribution in [0.4, 0.5) is 0 Å². The first-order valence-corrected chi connectivity index (χ1v) is 8.34. The number of nitrogens with one attached hydrogen (secondary N) is 1. The standard InChI is InChI=1S/C16H27N5O2/c1-3-5-13-10-14(20(2)19-13)16(23)18-7-9-21-8-4-6-12(11-21)15(17)22/h10,12H,3-9,11H2,1-2H3,(H2,17,22)(H,18,23)/t12-/m1/s1. The molecule has 1 saturated heterocycles. The number of aryl methyl sites for hydroxylation is 2. The Balaban J connectivity index is 1.79. The fourth-order valence-corrected chi connectivity index (χ4v) is 3.03. The van der Waals surface area contributed by atoms with Crippen molar-refractivity contribution in [1.29, 1.82) is 0 Å². The fourth-order valence-electron chi connectivity index (χ4n) is 3.03. The molecule has 2 heterocycles. The van der Waals surface area contributed by atoms with Crippen LogP contribution in [-0.2, 0) is 18.3 Å². The van der Waals surface area contributed by atoms with E-state index in [4.69, 9.17) is 5.73 Å². The molecule has 1 atom stereocenters. The summed E-state index contributed by atoms with van der Waals surface area (Å²) in [6.45, 7) is 5.02. The lowest BCUT2D eigenvalue weighted by Gasteiger charge is -2.31. The Kier molecular flexibility index (Phi) is 6.15. The molecule has 2 amide bonds. The predicted molar refractivity (Wildman–Crippen MR) is 87.9 cm³/mol. The number of nitrogens with two attached hydrogens (primary N) is 1. The van der Waals surface area contributed by atoms with Crippen LogP contribution in [0.25, 0.3) is 0 Å². The first-order valence-electron chi connectivity index (χ1n) is 8.34. The molecule has 0 aliphatic carbocycles. The normalized spacial score (nSPS) is 18.8. The maximum absolute atomic E-state index is 12.2. The topological polar surface area (TPSA) is 93.3 Å². The number of rotatable bonds is 7. The van der Waals surface area contributed by atoms with Crippen molar-refractivity contribution in [3.63, 3.8) is 0 Å². The molecule has 0 aromatic carbocycles. The second-order valence-electron chi connectivity index (χ2n) is 6.19. The number of likely N-dealkylation sites (tertiary alicyclic amines) is 1. The Morgan fingerprint density at radius 2 is 2.26 bits per heavy atom. The van der Waals surface area contributed by atoms with Gasteiger partial charge in [0.25, 0.3) is 5.91 Å². The van der Waals surface area contributed by atoms with E-state index in [9.17, 15) is 9.59 Å². The summed E-state index contributed by atoms with van der Waals surface area (Å²) in [6.07, 6.45) is 3.73. The van der Waals surface area contributed by atoms with E-state index in [1.807, 2.05) is 6.07 Å². The zero-order valence-corrected chi connectivity index (χ0v) is 14.0. The molecule has 0 bridgehead atoms. The lowest BCUT2D eigenvalue weighted by molar-refractivity contribution is -0.123. The molecule has 3 N–H and O–H groups in total. The zero-order chi connectivity index (χ0) is 16.8. The van der Waals surface area contributed by atoms with Gasteiger partial charge in [0.2, 0.25) is 5.91 Å². The summed E-state index contributed by atoms with van der Waals surface area (Å²) in [4.78, 5) is 25.7. The number of hydrogen-bond acceptors (Lipinski definition) is 4. The van der Waals surface area contributed by atoms with Crippen molar-refractivity contribution in [3.05, 3.63) is 17.5 Å². The van der Waals surface area contributed by atoms with Gasteiger partial charge < -0.3 is 16.0 Å². The van der Waals surface area contributed by atoms with Gasteiger partial charge in [0.05, 0.1) is 11.6 Å². The summed E-state index contributed by atoms with van der Waals surface area (Å²) in [5, 5.41) is 7.27. The number of nitrogens with zero attached hydrogens (tertiary/aromatic N) is 3. The quantitative estimate of drug-likeness (QED) is 0.755. The van der Waals surface area contributed by atoms with Crippen LogP contribution in [-0.4, -0.2) is 52.7 Å². The minimum absolute atomic E-state index is 0.0619. The number of amides is 2. The van der Waals surface area contributed by atoms with Crippen molar-refractivity contribution in [1.82, 2.24) is 20.0 Å². The second-order valence-corrected chi connectivity index (χ2v) is 6.19. The van der Waals surface area contributed by atoms with Gasteiger partial charge in [0.1, 0.15) is 5.69 Å². The van der Waals surface area contributed by atoms with Crippen LogP contribution in [0.1, 0.15) is 42.4 Å². The van der Waals surface area contributed by atoms with E-state index in [0.717, 1.165) is 44.5 Å². The highest BCUT2D eigenvalue weighted by Gasteiger charge is 2.23. The van der Waals surface area contributed by atoms with Crippen LogP contribution in [0, 0.1) is 5.92 Å². The molecule has 128 valence electrons. The highest BCUT2D eigenvalue weighted by molar-refractivity contribution is 5.92. The van der Waals surface area contributed by atoms with Crippen molar-refractivity contribution in [2.45, 2.75) is 32.6 Å². The summed E-state index contributed by atoms with van der Waals surface area (Å²) in [5.41, 5.74) is 6.91. The maximum Gasteiger partial charge on any atom is 0.269 e. The number of aromatic nitrogens is 2. The lowest BCUT2D eigenvalue weighted by Crippen LogP contribution is -2.44. The summed E-state index contributed by atoms with van der Waals surface area (Å²) in [6, 6.07) is 1.85. The summed E-state index contributed by atoms with van der Waals surface area (Å²) in [7, 11) is 1.79. The van der Waals surface area contributed by atoms with E-state index in [1.54, 1.807) is 11.7 Å². The van der Waals surface area contributed by atoms with Crippen LogP contribution in [0.2, 0.25) is 0 Å². The van der Waals surface area contributed by atoms with E-state index >= 15 is 0 Å². The molecule has 0 radical (unpaired) electrons. The van der Waals surface area contributed by atoms with Gasteiger partial charge in [-0.3, -0.25) is 14.3 Å². The third-order valence-corrected chi connectivity index (χ3v) is 4.29. The number of carbonyl (C=O) groups excluding carboxylic acids is 2. The average Bonchev–Trinajstić information content (AvgIpc) is 2.88. The molecule has 7 nitrogen and oxygen atoms in total. The number of hydrogen-bond donors (Lipinski definition) is 2. The molecule has 1 aliphatic heterocycles. The van der Waals surface area contributed by atoms with Crippen molar-refractivity contribution in [3.8, 4) is 0 Å². The summed E-state index contributed by atoms with van der Waals surface area (Å²) in [5.74, 6) is -0.393. The lowest BCUT2D eigenvalue weighted by atomic mass is 9.97. The molecule has 0 spiro atoms. The number of piperidine rings is 1. The zero-order valence-electron chi connectivity index (χ0n) is 14.0.